The average Bonchev–Trinajstić information content (AvgIpc) is 3.31. The molecule has 1 atom stereocenters. The number of benzene rings is 1. The maximum atomic E-state index is 10.7. The van der Waals surface area contributed by atoms with Crippen LogP contribution in [0, 0.1) is 0 Å². The summed E-state index contributed by atoms with van der Waals surface area (Å²) in [4.78, 5) is 10.4. The van der Waals surface area contributed by atoms with Gasteiger partial charge in [0.2, 0.25) is 5.95 Å². The Morgan fingerprint density at radius 1 is 1.15 bits per heavy atom. The maximum Gasteiger partial charge on any atom is 0.256 e. The molecule has 2 aromatic heterocycles. The van der Waals surface area contributed by atoms with Gasteiger partial charge >= 0.3 is 0 Å². The summed E-state index contributed by atoms with van der Waals surface area (Å²) in [7, 11) is 3.15. The van der Waals surface area contributed by atoms with Gasteiger partial charge in [-0.1, -0.05) is 12.1 Å². The fourth-order valence-corrected chi connectivity index (χ4v) is 3.25. The van der Waals surface area contributed by atoms with E-state index in [1.54, 1.807) is 36.3 Å². The van der Waals surface area contributed by atoms with Gasteiger partial charge < -0.3 is 19.5 Å². The van der Waals surface area contributed by atoms with Crippen LogP contribution in [0.3, 0.4) is 0 Å². The number of aryl methyl sites for hydroxylation is 1. The summed E-state index contributed by atoms with van der Waals surface area (Å²) < 4.78 is 12.3. The van der Waals surface area contributed by atoms with Crippen molar-refractivity contribution in [3.8, 4) is 22.8 Å². The van der Waals surface area contributed by atoms with Gasteiger partial charge in [-0.25, -0.2) is 9.97 Å². The predicted molar refractivity (Wildman–Crippen MR) is 99.6 cm³/mol. The van der Waals surface area contributed by atoms with E-state index in [1.165, 1.54) is 0 Å². The summed E-state index contributed by atoms with van der Waals surface area (Å²) >= 11 is 0. The van der Waals surface area contributed by atoms with E-state index in [9.17, 15) is 5.11 Å². The van der Waals surface area contributed by atoms with Crippen LogP contribution in [0.4, 0.5) is 5.95 Å². The van der Waals surface area contributed by atoms with E-state index >= 15 is 0 Å². The van der Waals surface area contributed by atoms with E-state index in [0.717, 1.165) is 28.8 Å². The average molecular weight is 367 g/mol. The van der Waals surface area contributed by atoms with Crippen molar-refractivity contribution in [1.82, 2.24) is 19.7 Å². The smallest absolute Gasteiger partial charge is 0.256 e. The van der Waals surface area contributed by atoms with Gasteiger partial charge in [-0.2, -0.15) is 0 Å². The molecule has 8 nitrogen and oxygen atoms in total. The largest absolute Gasteiger partial charge is 0.491 e. The molecule has 0 amide bonds. The third kappa shape index (κ3) is 2.97. The van der Waals surface area contributed by atoms with Gasteiger partial charge in [-0.3, -0.25) is 4.68 Å². The second-order valence-corrected chi connectivity index (χ2v) is 6.25. The van der Waals surface area contributed by atoms with Crippen LogP contribution in [0.2, 0.25) is 0 Å². The van der Waals surface area contributed by atoms with Gasteiger partial charge in [0.15, 0.2) is 12.0 Å². The number of anilines is 1. The molecule has 0 radical (unpaired) electrons. The Morgan fingerprint density at radius 3 is 2.70 bits per heavy atom. The van der Waals surface area contributed by atoms with Gasteiger partial charge in [-0.15, -0.1) is 5.10 Å². The molecule has 140 valence electrons. The van der Waals surface area contributed by atoms with Crippen molar-refractivity contribution < 1.29 is 14.6 Å². The highest BCUT2D eigenvalue weighted by Gasteiger charge is 2.31. The molecule has 0 fully saturated rings. The first kappa shape index (κ1) is 17.3. The summed E-state index contributed by atoms with van der Waals surface area (Å²) in [5.41, 5.74) is 3.79. The van der Waals surface area contributed by atoms with Crippen LogP contribution in [0.5, 0.6) is 11.6 Å². The normalized spacial score (nSPS) is 15.7. The quantitative estimate of drug-likeness (QED) is 0.741. The lowest BCUT2D eigenvalue weighted by atomic mass is 10.0. The Hall–Kier alpha value is -3.13. The molecule has 1 N–H and O–H groups in total. The van der Waals surface area contributed by atoms with Crippen LogP contribution in [-0.4, -0.2) is 39.1 Å². The zero-order valence-electron chi connectivity index (χ0n) is 15.5. The standard InChI is InChI=1S/C19H21N5O3/c1-4-23-11-21-19(22-23)24-10-14-7-12(5-6-15(14)18(24)25)13-8-16(26-2)17(27-3)20-9-13/h5-9,11,18,25H,4,10H2,1-3H3. The topological polar surface area (TPSA) is 85.5 Å². The van der Waals surface area contributed by atoms with E-state index in [4.69, 9.17) is 9.47 Å². The first-order valence-electron chi connectivity index (χ1n) is 8.70. The molecule has 1 unspecified atom stereocenters. The number of aliphatic hydroxyl groups is 1. The molecule has 4 rings (SSSR count). The first-order valence-corrected chi connectivity index (χ1v) is 8.70. The number of aliphatic hydroxyl groups excluding tert-OH is 1. The van der Waals surface area contributed by atoms with Crippen LogP contribution in [0.1, 0.15) is 24.3 Å². The fraction of sp³-hybridized carbons (Fsp3) is 0.316. The number of ether oxygens (including phenoxy) is 2. The van der Waals surface area contributed by atoms with Gasteiger partial charge in [-0.05, 0) is 30.2 Å². The molecule has 0 spiro atoms. The maximum absolute atomic E-state index is 10.7. The lowest BCUT2D eigenvalue weighted by Gasteiger charge is -2.18. The number of nitrogens with zero attached hydrogens (tertiary/aromatic N) is 5. The van der Waals surface area contributed by atoms with Crippen LogP contribution in [-0.2, 0) is 13.1 Å². The van der Waals surface area contributed by atoms with Crippen molar-refractivity contribution in [1.29, 1.82) is 0 Å². The molecule has 8 heteroatoms. The summed E-state index contributed by atoms with van der Waals surface area (Å²) in [6.07, 6.45) is 2.66. The fourth-order valence-electron chi connectivity index (χ4n) is 3.25. The number of pyridine rings is 1. The number of aromatic nitrogens is 4. The highest BCUT2D eigenvalue weighted by molar-refractivity contribution is 5.67. The summed E-state index contributed by atoms with van der Waals surface area (Å²) in [5, 5.41) is 15.1. The lowest BCUT2D eigenvalue weighted by molar-refractivity contribution is 0.180. The molecule has 0 bridgehead atoms. The van der Waals surface area contributed by atoms with E-state index in [1.807, 2.05) is 25.1 Å². The van der Waals surface area contributed by atoms with Gasteiger partial charge in [0, 0.05) is 30.4 Å². The van der Waals surface area contributed by atoms with E-state index < -0.39 is 6.23 Å². The third-order valence-electron chi connectivity index (χ3n) is 4.73. The monoisotopic (exact) mass is 367 g/mol. The molecule has 27 heavy (non-hydrogen) atoms. The third-order valence-corrected chi connectivity index (χ3v) is 4.73. The number of hydrogen-bond donors (Lipinski definition) is 1. The Kier molecular flexibility index (Phi) is 4.41. The van der Waals surface area contributed by atoms with Gasteiger partial charge in [0.1, 0.15) is 6.33 Å². The van der Waals surface area contributed by atoms with Crippen molar-refractivity contribution >= 4 is 5.95 Å². The van der Waals surface area contributed by atoms with E-state index in [-0.39, 0.29) is 0 Å². The Labute approximate surface area is 157 Å². The highest BCUT2D eigenvalue weighted by Crippen LogP contribution is 2.37. The predicted octanol–water partition coefficient (Wildman–Crippen LogP) is 2.39. The molecular formula is C19H21N5O3. The zero-order chi connectivity index (χ0) is 19.0. The Morgan fingerprint density at radius 2 is 2.00 bits per heavy atom. The Balaban J connectivity index is 1.65. The van der Waals surface area contributed by atoms with Crippen molar-refractivity contribution in [3.05, 3.63) is 47.9 Å². The zero-order valence-corrected chi connectivity index (χ0v) is 15.5. The molecule has 1 aromatic carbocycles. The molecule has 0 saturated carbocycles. The van der Waals surface area contributed by atoms with Gasteiger partial charge in [0.25, 0.3) is 5.88 Å². The van der Waals surface area contributed by atoms with Gasteiger partial charge in [0.05, 0.1) is 14.2 Å². The lowest BCUT2D eigenvalue weighted by Crippen LogP contribution is -2.22. The van der Waals surface area contributed by atoms with Crippen LogP contribution in [0.25, 0.3) is 11.1 Å². The van der Waals surface area contributed by atoms with Crippen molar-refractivity contribution in [2.75, 3.05) is 19.1 Å². The van der Waals surface area contributed by atoms with E-state index in [0.29, 0.717) is 24.1 Å². The first-order chi connectivity index (χ1) is 13.1. The van der Waals surface area contributed by atoms with Crippen molar-refractivity contribution in [3.63, 3.8) is 0 Å². The summed E-state index contributed by atoms with van der Waals surface area (Å²) in [6, 6.07) is 7.84. The highest BCUT2D eigenvalue weighted by atomic mass is 16.5. The number of rotatable bonds is 5. The van der Waals surface area contributed by atoms with E-state index in [2.05, 4.69) is 21.1 Å². The SMILES string of the molecule is CCn1cnc(N2Cc3cc(-c4cnc(OC)c(OC)c4)ccc3C2O)n1. The van der Waals surface area contributed by atoms with Crippen molar-refractivity contribution in [2.45, 2.75) is 26.2 Å². The second-order valence-electron chi connectivity index (χ2n) is 6.25. The Bertz CT molecular complexity index is 972. The number of hydrogen-bond acceptors (Lipinski definition) is 7. The molecular weight excluding hydrogens is 346 g/mol. The van der Waals surface area contributed by atoms with Crippen LogP contribution < -0.4 is 14.4 Å². The number of fused-ring (bicyclic) bond motifs is 1. The minimum absolute atomic E-state index is 0.446. The molecule has 0 saturated heterocycles. The molecule has 0 aliphatic carbocycles. The molecule has 3 aromatic rings. The van der Waals surface area contributed by atoms with Crippen LogP contribution >= 0.6 is 0 Å². The summed E-state index contributed by atoms with van der Waals surface area (Å²) in [6.45, 7) is 3.27. The molecule has 1 aliphatic heterocycles. The molecule has 1 aliphatic rings. The molecule has 3 heterocycles. The summed E-state index contributed by atoms with van der Waals surface area (Å²) in [5.74, 6) is 1.54. The second kappa shape index (κ2) is 6.88. The minimum Gasteiger partial charge on any atom is -0.491 e. The minimum atomic E-state index is -0.759. The van der Waals surface area contributed by atoms with Crippen LogP contribution in [0.15, 0.2) is 36.8 Å². The number of methoxy groups -OCH3 is 2. The van der Waals surface area contributed by atoms with Crippen molar-refractivity contribution in [2.24, 2.45) is 0 Å².